The molecule has 0 atom stereocenters. The van der Waals surface area contributed by atoms with Gasteiger partial charge in [-0.3, -0.25) is 4.79 Å². The van der Waals surface area contributed by atoms with Crippen molar-refractivity contribution in [3.05, 3.63) is 53.3 Å². The molecule has 1 heterocycles. The molecule has 0 saturated carbocycles. The number of nitrogens with zero attached hydrogens (tertiary/aromatic N) is 4. The maximum atomic E-state index is 12.3. The van der Waals surface area contributed by atoms with Crippen LogP contribution in [-0.4, -0.2) is 39.0 Å². The van der Waals surface area contributed by atoms with Crippen LogP contribution in [0.2, 0.25) is 5.02 Å². The molecule has 0 aliphatic carbocycles. The molecule has 140 valence electrons. The Labute approximate surface area is 166 Å². The number of hydrogen-bond acceptors (Lipinski definition) is 6. The first kappa shape index (κ1) is 19.2. The summed E-state index contributed by atoms with van der Waals surface area (Å²) in [5.41, 5.74) is 1.32. The third-order valence-corrected chi connectivity index (χ3v) is 4.99. The first-order chi connectivity index (χ1) is 13.1. The Morgan fingerprint density at radius 3 is 2.70 bits per heavy atom. The van der Waals surface area contributed by atoms with Gasteiger partial charge in [0, 0.05) is 27.8 Å². The van der Waals surface area contributed by atoms with Gasteiger partial charge in [0.15, 0.2) is 5.82 Å². The quantitative estimate of drug-likeness (QED) is 0.605. The lowest BCUT2D eigenvalue weighted by Gasteiger charge is -2.12. The maximum absolute atomic E-state index is 12.3. The standard InChI is InChI=1S/C18H18ClN5O2S/c1-12-21-22-23-24(12)16-11-14(5-8-17(16)26-2)20-18(25)9-10-27-15-6-3-13(19)4-7-15/h3-8,11H,9-10H2,1-2H3,(H,20,25). The molecule has 27 heavy (non-hydrogen) atoms. The highest BCUT2D eigenvalue weighted by Gasteiger charge is 2.12. The van der Waals surface area contributed by atoms with E-state index in [0.29, 0.717) is 40.1 Å². The number of aryl methyl sites for hydroxylation is 1. The van der Waals surface area contributed by atoms with Gasteiger partial charge in [-0.15, -0.1) is 16.9 Å². The molecule has 3 aromatic rings. The van der Waals surface area contributed by atoms with Gasteiger partial charge in [0.05, 0.1) is 7.11 Å². The van der Waals surface area contributed by atoms with Crippen molar-refractivity contribution in [1.29, 1.82) is 0 Å². The summed E-state index contributed by atoms with van der Waals surface area (Å²) >= 11 is 7.48. The van der Waals surface area contributed by atoms with E-state index < -0.39 is 0 Å². The van der Waals surface area contributed by atoms with Crippen LogP contribution in [0.5, 0.6) is 5.75 Å². The molecule has 7 nitrogen and oxygen atoms in total. The highest BCUT2D eigenvalue weighted by atomic mass is 35.5. The molecule has 0 fully saturated rings. The SMILES string of the molecule is COc1ccc(NC(=O)CCSc2ccc(Cl)cc2)cc1-n1nnnc1C. The molecule has 0 spiro atoms. The second kappa shape index (κ2) is 8.88. The number of carbonyl (C=O) groups excluding carboxylic acids is 1. The minimum Gasteiger partial charge on any atom is -0.494 e. The number of thioether (sulfide) groups is 1. The van der Waals surface area contributed by atoms with Gasteiger partial charge >= 0.3 is 0 Å². The van der Waals surface area contributed by atoms with Gasteiger partial charge in [-0.25, -0.2) is 0 Å². The number of anilines is 1. The van der Waals surface area contributed by atoms with E-state index in [1.165, 1.54) is 0 Å². The van der Waals surface area contributed by atoms with Gasteiger partial charge in [0.1, 0.15) is 11.4 Å². The average molecular weight is 404 g/mol. The van der Waals surface area contributed by atoms with Crippen molar-refractivity contribution in [2.75, 3.05) is 18.2 Å². The van der Waals surface area contributed by atoms with Crippen molar-refractivity contribution in [2.24, 2.45) is 0 Å². The summed E-state index contributed by atoms with van der Waals surface area (Å²) in [5, 5.41) is 15.1. The maximum Gasteiger partial charge on any atom is 0.225 e. The molecule has 2 aromatic carbocycles. The van der Waals surface area contributed by atoms with Crippen LogP contribution in [0, 0.1) is 6.92 Å². The largest absolute Gasteiger partial charge is 0.494 e. The smallest absolute Gasteiger partial charge is 0.225 e. The summed E-state index contributed by atoms with van der Waals surface area (Å²) in [6.07, 6.45) is 0.387. The van der Waals surface area contributed by atoms with E-state index in [9.17, 15) is 4.79 Å². The molecule has 0 saturated heterocycles. The van der Waals surface area contributed by atoms with Crippen molar-refractivity contribution in [3.63, 3.8) is 0 Å². The zero-order valence-electron chi connectivity index (χ0n) is 14.8. The topological polar surface area (TPSA) is 81.9 Å². The van der Waals surface area contributed by atoms with E-state index in [1.807, 2.05) is 24.3 Å². The summed E-state index contributed by atoms with van der Waals surface area (Å²) in [7, 11) is 1.57. The zero-order valence-corrected chi connectivity index (χ0v) is 16.4. The number of hydrogen-bond donors (Lipinski definition) is 1. The molecule has 1 amide bonds. The third kappa shape index (κ3) is 4.99. The summed E-state index contributed by atoms with van der Waals surface area (Å²) in [5.74, 6) is 1.83. The Morgan fingerprint density at radius 1 is 1.26 bits per heavy atom. The minimum absolute atomic E-state index is 0.0685. The number of nitrogens with one attached hydrogen (secondary N) is 1. The van der Waals surface area contributed by atoms with Gasteiger partial charge in [-0.1, -0.05) is 11.6 Å². The highest BCUT2D eigenvalue weighted by molar-refractivity contribution is 7.99. The Balaban J connectivity index is 1.62. The van der Waals surface area contributed by atoms with Crippen molar-refractivity contribution < 1.29 is 9.53 Å². The predicted octanol–water partition coefficient (Wildman–Crippen LogP) is 3.75. The molecule has 1 aromatic heterocycles. The molecule has 0 aliphatic rings. The molecule has 0 aliphatic heterocycles. The van der Waals surface area contributed by atoms with Crippen LogP contribution < -0.4 is 10.1 Å². The molecule has 1 N–H and O–H groups in total. The van der Waals surface area contributed by atoms with Crippen LogP contribution in [0.4, 0.5) is 5.69 Å². The molecule has 0 unspecified atom stereocenters. The summed E-state index contributed by atoms with van der Waals surface area (Å²) in [6, 6.07) is 12.9. The molecule has 9 heteroatoms. The number of rotatable bonds is 7. The second-order valence-electron chi connectivity index (χ2n) is 5.63. The normalized spacial score (nSPS) is 10.6. The van der Waals surface area contributed by atoms with E-state index >= 15 is 0 Å². The van der Waals surface area contributed by atoms with Crippen molar-refractivity contribution in [2.45, 2.75) is 18.2 Å². The molecular formula is C18H18ClN5O2S. The number of amides is 1. The third-order valence-electron chi connectivity index (χ3n) is 3.73. The minimum atomic E-state index is -0.0685. The lowest BCUT2D eigenvalue weighted by molar-refractivity contribution is -0.115. The summed E-state index contributed by atoms with van der Waals surface area (Å²) in [6.45, 7) is 1.79. The van der Waals surface area contributed by atoms with Crippen LogP contribution in [0.3, 0.4) is 0 Å². The van der Waals surface area contributed by atoms with Gasteiger partial charge in [0.25, 0.3) is 0 Å². The van der Waals surface area contributed by atoms with Crippen molar-refractivity contribution in [3.8, 4) is 11.4 Å². The second-order valence-corrected chi connectivity index (χ2v) is 7.23. The van der Waals surface area contributed by atoms with E-state index in [0.717, 1.165) is 4.90 Å². The molecule has 0 radical (unpaired) electrons. The number of aromatic nitrogens is 4. The molecule has 0 bridgehead atoms. The van der Waals surface area contributed by atoms with Crippen LogP contribution in [-0.2, 0) is 4.79 Å². The van der Waals surface area contributed by atoms with E-state index in [-0.39, 0.29) is 5.91 Å². The first-order valence-corrected chi connectivity index (χ1v) is 9.55. The summed E-state index contributed by atoms with van der Waals surface area (Å²) < 4.78 is 6.92. The molecular weight excluding hydrogens is 386 g/mol. The number of benzene rings is 2. The number of ether oxygens (including phenoxy) is 1. The monoisotopic (exact) mass is 403 g/mol. The number of tetrazole rings is 1. The van der Waals surface area contributed by atoms with Gasteiger partial charge in [0.2, 0.25) is 5.91 Å². The van der Waals surface area contributed by atoms with Crippen molar-refractivity contribution >= 4 is 35.0 Å². The van der Waals surface area contributed by atoms with Gasteiger partial charge < -0.3 is 10.1 Å². The molecule has 3 rings (SSSR count). The van der Waals surface area contributed by atoms with E-state index in [4.69, 9.17) is 16.3 Å². The fourth-order valence-electron chi connectivity index (χ4n) is 2.40. The fourth-order valence-corrected chi connectivity index (χ4v) is 3.38. The Morgan fingerprint density at radius 2 is 2.04 bits per heavy atom. The summed E-state index contributed by atoms with van der Waals surface area (Å²) in [4.78, 5) is 13.3. The fraction of sp³-hybridized carbons (Fsp3) is 0.222. The van der Waals surface area contributed by atoms with Crippen molar-refractivity contribution in [1.82, 2.24) is 20.2 Å². The lowest BCUT2D eigenvalue weighted by atomic mass is 10.2. The Hall–Kier alpha value is -2.58. The number of methoxy groups -OCH3 is 1. The first-order valence-electron chi connectivity index (χ1n) is 8.18. The highest BCUT2D eigenvalue weighted by Crippen LogP contribution is 2.27. The van der Waals surface area contributed by atoms with Crippen LogP contribution in [0.25, 0.3) is 5.69 Å². The number of halogens is 1. The van der Waals surface area contributed by atoms with Crippen LogP contribution in [0.1, 0.15) is 12.2 Å². The van der Waals surface area contributed by atoms with Crippen LogP contribution in [0.15, 0.2) is 47.4 Å². The van der Waals surface area contributed by atoms with E-state index in [2.05, 4.69) is 20.8 Å². The van der Waals surface area contributed by atoms with Gasteiger partial charge in [-0.05, 0) is 59.8 Å². The average Bonchev–Trinajstić information content (AvgIpc) is 3.09. The Bertz CT molecular complexity index is 930. The predicted molar refractivity (Wildman–Crippen MR) is 106 cm³/mol. The lowest BCUT2D eigenvalue weighted by Crippen LogP contribution is -2.13. The zero-order chi connectivity index (χ0) is 19.2. The Kier molecular flexibility index (Phi) is 6.31. The van der Waals surface area contributed by atoms with Gasteiger partial charge in [-0.2, -0.15) is 4.68 Å². The van der Waals surface area contributed by atoms with Crippen LogP contribution >= 0.6 is 23.4 Å². The van der Waals surface area contributed by atoms with E-state index in [1.54, 1.807) is 48.7 Å². The number of carbonyl (C=O) groups is 1.